The molecule has 0 saturated carbocycles. The fourth-order valence-corrected chi connectivity index (χ4v) is 2.75. The summed E-state index contributed by atoms with van der Waals surface area (Å²) in [5.41, 5.74) is 0.518. The highest BCUT2D eigenvalue weighted by Gasteiger charge is 2.31. The molecule has 0 spiro atoms. The Morgan fingerprint density at radius 3 is 2.67 bits per heavy atom. The second-order valence-electron chi connectivity index (χ2n) is 6.33. The van der Waals surface area contributed by atoms with Crippen LogP contribution in [0.4, 0.5) is 14.5 Å². The Bertz CT molecular complexity index is 851. The van der Waals surface area contributed by atoms with E-state index in [4.69, 9.17) is 4.74 Å². The van der Waals surface area contributed by atoms with Gasteiger partial charge in [0.05, 0.1) is 25.3 Å². The standard InChI is InChI=1S/C20H20F2N2O3/c1-2-7-27-18-6-4-3-5-17(18)19(25)23-16-9-13(8-14(21)10-16)20(26)24-11-15(22)12-24/h3-6,8-10,15H,2,7,11-12H2,1H3,(H,23,25). The zero-order chi connectivity index (χ0) is 19.4. The Labute approximate surface area is 155 Å². The molecule has 1 heterocycles. The number of likely N-dealkylation sites (tertiary alicyclic amines) is 1. The van der Waals surface area contributed by atoms with Crippen LogP contribution in [0, 0.1) is 5.82 Å². The lowest BCUT2D eigenvalue weighted by Gasteiger charge is -2.34. The minimum absolute atomic E-state index is 0.000812. The summed E-state index contributed by atoms with van der Waals surface area (Å²) in [6.45, 7) is 2.42. The van der Waals surface area contributed by atoms with Crippen LogP contribution in [0.5, 0.6) is 5.75 Å². The SMILES string of the molecule is CCCOc1ccccc1C(=O)Nc1cc(F)cc(C(=O)N2CC(F)C2)c1. The third kappa shape index (κ3) is 4.42. The number of hydrogen-bond acceptors (Lipinski definition) is 3. The van der Waals surface area contributed by atoms with Gasteiger partial charge in [-0.25, -0.2) is 8.78 Å². The van der Waals surface area contributed by atoms with Gasteiger partial charge < -0.3 is 15.0 Å². The van der Waals surface area contributed by atoms with E-state index in [1.54, 1.807) is 24.3 Å². The number of para-hydroxylation sites is 1. The molecular weight excluding hydrogens is 354 g/mol. The minimum Gasteiger partial charge on any atom is -0.493 e. The zero-order valence-electron chi connectivity index (χ0n) is 14.9. The Morgan fingerprint density at radius 1 is 1.22 bits per heavy atom. The van der Waals surface area contributed by atoms with Crippen LogP contribution in [-0.4, -0.2) is 42.6 Å². The highest BCUT2D eigenvalue weighted by atomic mass is 19.1. The van der Waals surface area contributed by atoms with E-state index in [-0.39, 0.29) is 24.3 Å². The lowest BCUT2D eigenvalue weighted by atomic mass is 10.1. The topological polar surface area (TPSA) is 58.6 Å². The number of ether oxygens (including phenoxy) is 1. The van der Waals surface area contributed by atoms with Crippen molar-refractivity contribution in [2.45, 2.75) is 19.5 Å². The van der Waals surface area contributed by atoms with Crippen LogP contribution in [-0.2, 0) is 0 Å². The zero-order valence-corrected chi connectivity index (χ0v) is 14.9. The average Bonchev–Trinajstić information content (AvgIpc) is 2.63. The Hall–Kier alpha value is -2.96. The van der Waals surface area contributed by atoms with Gasteiger partial charge in [-0.1, -0.05) is 19.1 Å². The molecule has 1 fully saturated rings. The van der Waals surface area contributed by atoms with Crippen LogP contribution in [0.1, 0.15) is 34.1 Å². The quantitative estimate of drug-likeness (QED) is 0.840. The average molecular weight is 374 g/mol. The van der Waals surface area contributed by atoms with Crippen LogP contribution >= 0.6 is 0 Å². The van der Waals surface area contributed by atoms with E-state index < -0.39 is 23.8 Å². The van der Waals surface area contributed by atoms with E-state index in [1.807, 2.05) is 6.92 Å². The molecule has 2 aromatic rings. The maximum atomic E-state index is 13.9. The monoisotopic (exact) mass is 374 g/mol. The molecular formula is C20H20F2N2O3. The fraction of sp³-hybridized carbons (Fsp3) is 0.300. The van der Waals surface area contributed by atoms with Gasteiger partial charge in [0.25, 0.3) is 11.8 Å². The van der Waals surface area contributed by atoms with Crippen molar-refractivity contribution in [3.8, 4) is 5.75 Å². The maximum Gasteiger partial charge on any atom is 0.259 e. The summed E-state index contributed by atoms with van der Waals surface area (Å²) in [5.74, 6) is -1.17. The molecule has 27 heavy (non-hydrogen) atoms. The molecule has 0 radical (unpaired) electrons. The van der Waals surface area contributed by atoms with Gasteiger partial charge in [0.2, 0.25) is 0 Å². The van der Waals surface area contributed by atoms with Crippen molar-refractivity contribution in [2.75, 3.05) is 25.0 Å². The third-order valence-corrected chi connectivity index (χ3v) is 4.12. The van der Waals surface area contributed by atoms with E-state index in [0.29, 0.717) is 17.9 Å². The second-order valence-corrected chi connectivity index (χ2v) is 6.33. The summed E-state index contributed by atoms with van der Waals surface area (Å²) in [6, 6.07) is 10.3. The fourth-order valence-electron chi connectivity index (χ4n) is 2.75. The van der Waals surface area contributed by atoms with E-state index in [0.717, 1.165) is 18.6 Å². The molecule has 2 aromatic carbocycles. The predicted octanol–water partition coefficient (Wildman–Crippen LogP) is 3.66. The Morgan fingerprint density at radius 2 is 1.96 bits per heavy atom. The van der Waals surface area contributed by atoms with Gasteiger partial charge in [0, 0.05) is 11.3 Å². The first-order valence-corrected chi connectivity index (χ1v) is 8.75. The molecule has 142 valence electrons. The molecule has 1 aliphatic rings. The molecule has 0 atom stereocenters. The van der Waals surface area contributed by atoms with Crippen molar-refractivity contribution in [1.82, 2.24) is 4.90 Å². The largest absolute Gasteiger partial charge is 0.493 e. The molecule has 1 saturated heterocycles. The smallest absolute Gasteiger partial charge is 0.259 e. The number of anilines is 1. The maximum absolute atomic E-state index is 13.9. The summed E-state index contributed by atoms with van der Waals surface area (Å²) in [5, 5.41) is 2.59. The first-order valence-electron chi connectivity index (χ1n) is 8.75. The van der Waals surface area contributed by atoms with Crippen molar-refractivity contribution >= 4 is 17.5 Å². The molecule has 0 aliphatic carbocycles. The third-order valence-electron chi connectivity index (χ3n) is 4.12. The van der Waals surface area contributed by atoms with Crippen LogP contribution in [0.15, 0.2) is 42.5 Å². The number of benzene rings is 2. The van der Waals surface area contributed by atoms with Crippen molar-refractivity contribution in [1.29, 1.82) is 0 Å². The molecule has 2 amide bonds. The summed E-state index contributed by atoms with van der Waals surface area (Å²) in [6.07, 6.45) is -0.247. The first-order chi connectivity index (χ1) is 13.0. The van der Waals surface area contributed by atoms with Crippen LogP contribution < -0.4 is 10.1 Å². The van der Waals surface area contributed by atoms with Crippen molar-refractivity contribution in [3.63, 3.8) is 0 Å². The van der Waals surface area contributed by atoms with Gasteiger partial charge in [0.1, 0.15) is 17.7 Å². The molecule has 0 aromatic heterocycles. The minimum atomic E-state index is -1.04. The lowest BCUT2D eigenvalue weighted by molar-refractivity contribution is 0.0400. The molecule has 7 heteroatoms. The molecule has 5 nitrogen and oxygen atoms in total. The van der Waals surface area contributed by atoms with Gasteiger partial charge in [0.15, 0.2) is 0 Å². The lowest BCUT2D eigenvalue weighted by Crippen LogP contribution is -2.51. The highest BCUT2D eigenvalue weighted by Crippen LogP contribution is 2.23. The van der Waals surface area contributed by atoms with E-state index in [9.17, 15) is 18.4 Å². The predicted molar refractivity (Wildman–Crippen MR) is 97.4 cm³/mol. The van der Waals surface area contributed by atoms with Gasteiger partial charge in [-0.15, -0.1) is 0 Å². The number of carbonyl (C=O) groups excluding carboxylic acids is 2. The molecule has 1 aliphatic heterocycles. The number of nitrogens with zero attached hydrogens (tertiary/aromatic N) is 1. The number of amides is 2. The van der Waals surface area contributed by atoms with Gasteiger partial charge in [-0.2, -0.15) is 0 Å². The van der Waals surface area contributed by atoms with Crippen LogP contribution in [0.25, 0.3) is 0 Å². The van der Waals surface area contributed by atoms with Gasteiger partial charge in [-0.3, -0.25) is 9.59 Å². The molecule has 3 rings (SSSR count). The Kier molecular flexibility index (Phi) is 5.69. The normalized spacial score (nSPS) is 13.8. The molecule has 1 N–H and O–H groups in total. The summed E-state index contributed by atoms with van der Waals surface area (Å²) >= 11 is 0. The van der Waals surface area contributed by atoms with E-state index in [2.05, 4.69) is 5.32 Å². The highest BCUT2D eigenvalue weighted by molar-refractivity contribution is 6.07. The molecule has 0 unspecified atom stereocenters. The number of rotatable bonds is 6. The summed E-state index contributed by atoms with van der Waals surface area (Å²) < 4.78 is 32.4. The van der Waals surface area contributed by atoms with E-state index >= 15 is 0 Å². The van der Waals surface area contributed by atoms with Gasteiger partial charge >= 0.3 is 0 Å². The number of alkyl halides is 1. The summed E-state index contributed by atoms with van der Waals surface area (Å²) in [4.78, 5) is 26.1. The first kappa shape index (κ1) is 18.8. The second kappa shape index (κ2) is 8.16. The van der Waals surface area contributed by atoms with Gasteiger partial charge in [-0.05, 0) is 36.8 Å². The summed E-state index contributed by atoms with van der Waals surface area (Å²) in [7, 11) is 0. The number of halogens is 2. The number of carbonyl (C=O) groups is 2. The van der Waals surface area contributed by atoms with E-state index in [1.165, 1.54) is 11.0 Å². The number of hydrogen-bond donors (Lipinski definition) is 1. The van der Waals surface area contributed by atoms with Crippen molar-refractivity contribution < 1.29 is 23.1 Å². The van der Waals surface area contributed by atoms with Crippen molar-refractivity contribution in [3.05, 3.63) is 59.4 Å². The van der Waals surface area contributed by atoms with Crippen LogP contribution in [0.3, 0.4) is 0 Å². The van der Waals surface area contributed by atoms with Crippen molar-refractivity contribution in [2.24, 2.45) is 0 Å². The number of nitrogens with one attached hydrogen (secondary N) is 1. The molecule has 0 bridgehead atoms. The van der Waals surface area contributed by atoms with Crippen LogP contribution in [0.2, 0.25) is 0 Å². The Balaban J connectivity index is 1.77.